The van der Waals surface area contributed by atoms with Gasteiger partial charge in [0.1, 0.15) is 0 Å². The molecule has 0 aliphatic rings. The van der Waals surface area contributed by atoms with Gasteiger partial charge in [-0.1, -0.05) is 19.9 Å². The molecule has 1 rings (SSSR count). The molecule has 0 aliphatic carbocycles. The van der Waals surface area contributed by atoms with Crippen molar-refractivity contribution in [2.45, 2.75) is 33.7 Å². The normalized spacial score (nSPS) is 12.2. The summed E-state index contributed by atoms with van der Waals surface area (Å²) in [5.74, 6) is 0.526. The molecule has 0 fully saturated rings. The first-order chi connectivity index (χ1) is 10.0. The van der Waals surface area contributed by atoms with Gasteiger partial charge in [-0.15, -0.1) is 0 Å². The molecule has 118 valence electrons. The van der Waals surface area contributed by atoms with Crippen LogP contribution in [0.15, 0.2) is 18.2 Å². The SMILES string of the molecule is CCOCC(NC(=O)c1cccc(N)c1OCC)C(C)C. The first kappa shape index (κ1) is 17.3. The van der Waals surface area contributed by atoms with Crippen molar-refractivity contribution in [3.8, 4) is 5.75 Å². The molecule has 1 unspecified atom stereocenters. The van der Waals surface area contributed by atoms with E-state index in [-0.39, 0.29) is 17.9 Å². The summed E-state index contributed by atoms with van der Waals surface area (Å²) in [5, 5.41) is 2.99. The Morgan fingerprint density at radius 3 is 2.57 bits per heavy atom. The molecule has 0 aliphatic heterocycles. The average molecular weight is 294 g/mol. The molecule has 0 spiro atoms. The van der Waals surface area contributed by atoms with Crippen LogP contribution < -0.4 is 15.8 Å². The lowest BCUT2D eigenvalue weighted by atomic mass is 10.0. The number of carbonyl (C=O) groups is 1. The lowest BCUT2D eigenvalue weighted by Crippen LogP contribution is -2.42. The predicted molar refractivity (Wildman–Crippen MR) is 84.6 cm³/mol. The van der Waals surface area contributed by atoms with Gasteiger partial charge in [0.15, 0.2) is 5.75 Å². The number of para-hydroxylation sites is 1. The molecule has 5 nitrogen and oxygen atoms in total. The number of amides is 1. The first-order valence-electron chi connectivity index (χ1n) is 7.41. The molecule has 0 heterocycles. The van der Waals surface area contributed by atoms with Crippen LogP contribution in [0.1, 0.15) is 38.1 Å². The molecule has 0 aromatic heterocycles. The number of carbonyl (C=O) groups excluding carboxylic acids is 1. The first-order valence-corrected chi connectivity index (χ1v) is 7.41. The van der Waals surface area contributed by atoms with Crippen LogP contribution in [0.25, 0.3) is 0 Å². The topological polar surface area (TPSA) is 73.6 Å². The third-order valence-electron chi connectivity index (χ3n) is 3.20. The van der Waals surface area contributed by atoms with E-state index in [4.69, 9.17) is 15.2 Å². The number of nitrogens with two attached hydrogens (primary N) is 1. The number of nitrogen functional groups attached to an aromatic ring is 1. The Morgan fingerprint density at radius 2 is 2.00 bits per heavy atom. The number of hydrogen-bond donors (Lipinski definition) is 2. The predicted octanol–water partition coefficient (Wildman–Crippen LogP) is 2.46. The van der Waals surface area contributed by atoms with Crippen LogP contribution >= 0.6 is 0 Å². The van der Waals surface area contributed by atoms with Crippen molar-refractivity contribution in [1.29, 1.82) is 0 Å². The highest BCUT2D eigenvalue weighted by molar-refractivity contribution is 5.98. The fraction of sp³-hybridized carbons (Fsp3) is 0.562. The third-order valence-corrected chi connectivity index (χ3v) is 3.20. The largest absolute Gasteiger partial charge is 0.491 e. The summed E-state index contributed by atoms with van der Waals surface area (Å²) < 4.78 is 10.9. The van der Waals surface area contributed by atoms with Crippen molar-refractivity contribution in [2.75, 3.05) is 25.6 Å². The Labute approximate surface area is 126 Å². The molecule has 1 aromatic rings. The highest BCUT2D eigenvalue weighted by Crippen LogP contribution is 2.26. The number of benzene rings is 1. The monoisotopic (exact) mass is 294 g/mol. The second kappa shape index (κ2) is 8.52. The van der Waals surface area contributed by atoms with Crippen molar-refractivity contribution < 1.29 is 14.3 Å². The van der Waals surface area contributed by atoms with Gasteiger partial charge in [-0.3, -0.25) is 4.79 Å². The zero-order chi connectivity index (χ0) is 15.8. The van der Waals surface area contributed by atoms with Gasteiger partial charge in [-0.2, -0.15) is 0 Å². The van der Waals surface area contributed by atoms with E-state index in [1.54, 1.807) is 18.2 Å². The van der Waals surface area contributed by atoms with Gasteiger partial charge >= 0.3 is 0 Å². The van der Waals surface area contributed by atoms with E-state index in [1.807, 2.05) is 27.7 Å². The molecule has 0 bridgehead atoms. The van der Waals surface area contributed by atoms with E-state index in [9.17, 15) is 4.79 Å². The van der Waals surface area contributed by atoms with E-state index < -0.39 is 0 Å². The summed E-state index contributed by atoms with van der Waals surface area (Å²) in [6.45, 7) is 9.47. The maximum Gasteiger partial charge on any atom is 0.255 e. The maximum absolute atomic E-state index is 12.5. The minimum absolute atomic E-state index is 0.0478. The number of hydrogen-bond acceptors (Lipinski definition) is 4. The average Bonchev–Trinajstić information content (AvgIpc) is 2.45. The van der Waals surface area contributed by atoms with Crippen LogP contribution in [0.3, 0.4) is 0 Å². The van der Waals surface area contributed by atoms with Crippen molar-refractivity contribution in [1.82, 2.24) is 5.32 Å². The molecule has 1 amide bonds. The summed E-state index contributed by atoms with van der Waals surface area (Å²) in [6, 6.07) is 5.14. The van der Waals surface area contributed by atoms with E-state index >= 15 is 0 Å². The molecule has 5 heteroatoms. The van der Waals surface area contributed by atoms with Crippen LogP contribution in [0.4, 0.5) is 5.69 Å². The molecule has 0 saturated carbocycles. The minimum atomic E-state index is -0.191. The van der Waals surface area contributed by atoms with Crippen molar-refractivity contribution in [2.24, 2.45) is 5.92 Å². The van der Waals surface area contributed by atoms with E-state index in [0.29, 0.717) is 36.8 Å². The van der Waals surface area contributed by atoms with Gasteiger partial charge in [0.25, 0.3) is 5.91 Å². The second-order valence-electron chi connectivity index (χ2n) is 5.14. The van der Waals surface area contributed by atoms with Crippen LogP contribution in [0, 0.1) is 5.92 Å². The summed E-state index contributed by atoms with van der Waals surface area (Å²) in [4.78, 5) is 12.5. The smallest absolute Gasteiger partial charge is 0.255 e. The Kier molecular flexibility index (Phi) is 7.02. The van der Waals surface area contributed by atoms with Gasteiger partial charge in [-0.05, 0) is 31.9 Å². The quantitative estimate of drug-likeness (QED) is 0.722. The Hall–Kier alpha value is -1.75. The molecule has 1 atom stereocenters. The van der Waals surface area contributed by atoms with Gasteiger partial charge < -0.3 is 20.5 Å². The van der Waals surface area contributed by atoms with E-state index in [1.165, 1.54) is 0 Å². The standard InChI is InChI=1S/C16H26N2O3/c1-5-20-10-14(11(3)4)18-16(19)12-8-7-9-13(17)15(12)21-6-2/h7-9,11,14H,5-6,10,17H2,1-4H3,(H,18,19). The molecule has 0 radical (unpaired) electrons. The molecule has 0 saturated heterocycles. The maximum atomic E-state index is 12.5. The summed E-state index contributed by atoms with van der Waals surface area (Å²) in [7, 11) is 0. The molecule has 3 N–H and O–H groups in total. The molecule has 21 heavy (non-hydrogen) atoms. The van der Waals surface area contributed by atoms with Gasteiger partial charge in [-0.25, -0.2) is 0 Å². The van der Waals surface area contributed by atoms with Crippen LogP contribution in [0.2, 0.25) is 0 Å². The fourth-order valence-electron chi connectivity index (χ4n) is 1.93. The summed E-state index contributed by atoms with van der Waals surface area (Å²) in [6.07, 6.45) is 0. The number of anilines is 1. The summed E-state index contributed by atoms with van der Waals surface area (Å²) >= 11 is 0. The molecular formula is C16H26N2O3. The lowest BCUT2D eigenvalue weighted by Gasteiger charge is -2.23. The van der Waals surface area contributed by atoms with Gasteiger partial charge in [0.2, 0.25) is 0 Å². The van der Waals surface area contributed by atoms with Gasteiger partial charge in [0, 0.05) is 6.61 Å². The Bertz CT molecular complexity index is 461. The number of rotatable bonds is 8. The van der Waals surface area contributed by atoms with Crippen molar-refractivity contribution >= 4 is 11.6 Å². The third kappa shape index (κ3) is 4.93. The fourth-order valence-corrected chi connectivity index (χ4v) is 1.93. The second-order valence-corrected chi connectivity index (χ2v) is 5.14. The van der Waals surface area contributed by atoms with Gasteiger partial charge in [0.05, 0.1) is 30.5 Å². The number of nitrogens with one attached hydrogen (secondary N) is 1. The van der Waals surface area contributed by atoms with Crippen LogP contribution in [0.5, 0.6) is 5.75 Å². The number of ether oxygens (including phenoxy) is 2. The highest BCUT2D eigenvalue weighted by atomic mass is 16.5. The lowest BCUT2D eigenvalue weighted by molar-refractivity contribution is 0.0803. The molecule has 1 aromatic carbocycles. The Balaban J connectivity index is 2.89. The zero-order valence-electron chi connectivity index (χ0n) is 13.3. The van der Waals surface area contributed by atoms with Crippen molar-refractivity contribution in [3.63, 3.8) is 0 Å². The van der Waals surface area contributed by atoms with Crippen LogP contribution in [-0.4, -0.2) is 31.8 Å². The molecular weight excluding hydrogens is 268 g/mol. The minimum Gasteiger partial charge on any atom is -0.491 e. The highest BCUT2D eigenvalue weighted by Gasteiger charge is 2.20. The Morgan fingerprint density at radius 1 is 1.29 bits per heavy atom. The van der Waals surface area contributed by atoms with E-state index in [2.05, 4.69) is 5.32 Å². The van der Waals surface area contributed by atoms with Crippen molar-refractivity contribution in [3.05, 3.63) is 23.8 Å². The summed E-state index contributed by atoms with van der Waals surface area (Å²) in [5.41, 5.74) is 6.81. The zero-order valence-corrected chi connectivity index (χ0v) is 13.3. The van der Waals surface area contributed by atoms with Crippen LogP contribution in [-0.2, 0) is 4.74 Å². The van der Waals surface area contributed by atoms with E-state index in [0.717, 1.165) is 0 Å².